The standard InChI is InChI=1S/C22H23N3OS2/c1-2-6-21(26)25(17-9-10-19-16(15-17)11-14-27-19)13-5-12-23-22-18-7-3-4-8-20(18)28-24-22/h3-4,7-11,14-15H,2,5-6,12-13H2,1H3,(H,23,24). The molecule has 4 rings (SSSR count). The number of anilines is 2. The number of carbonyl (C=O) groups is 1. The van der Waals surface area contributed by atoms with Gasteiger partial charge >= 0.3 is 0 Å². The number of carbonyl (C=O) groups excluding carboxylic acids is 1. The Balaban J connectivity index is 1.43. The van der Waals surface area contributed by atoms with E-state index in [-0.39, 0.29) is 5.91 Å². The molecule has 28 heavy (non-hydrogen) atoms. The summed E-state index contributed by atoms with van der Waals surface area (Å²) in [6.07, 6.45) is 2.30. The molecule has 0 spiro atoms. The molecule has 0 atom stereocenters. The highest BCUT2D eigenvalue weighted by Crippen LogP contribution is 2.28. The van der Waals surface area contributed by atoms with E-state index in [0.29, 0.717) is 13.0 Å². The Kier molecular flexibility index (Phi) is 5.88. The average Bonchev–Trinajstić information content (AvgIpc) is 3.34. The summed E-state index contributed by atoms with van der Waals surface area (Å²) in [7, 11) is 0. The molecule has 144 valence electrons. The van der Waals surface area contributed by atoms with Gasteiger partial charge in [0, 0.05) is 35.3 Å². The lowest BCUT2D eigenvalue weighted by Gasteiger charge is -2.23. The van der Waals surface area contributed by atoms with Crippen LogP contribution < -0.4 is 10.2 Å². The van der Waals surface area contributed by atoms with E-state index in [1.165, 1.54) is 26.3 Å². The first-order chi connectivity index (χ1) is 13.8. The third-order valence-electron chi connectivity index (χ3n) is 4.74. The van der Waals surface area contributed by atoms with E-state index in [2.05, 4.69) is 51.5 Å². The SMILES string of the molecule is CCCC(=O)N(CCCNc1nsc2ccccc12)c1ccc2sccc2c1. The Hall–Kier alpha value is -2.44. The van der Waals surface area contributed by atoms with Crippen molar-refractivity contribution in [3.63, 3.8) is 0 Å². The first-order valence-corrected chi connectivity index (χ1v) is 11.3. The summed E-state index contributed by atoms with van der Waals surface area (Å²) >= 11 is 3.24. The lowest BCUT2D eigenvalue weighted by molar-refractivity contribution is -0.118. The summed E-state index contributed by atoms with van der Waals surface area (Å²) in [5.74, 6) is 1.13. The van der Waals surface area contributed by atoms with Crippen molar-refractivity contribution in [3.8, 4) is 0 Å². The maximum absolute atomic E-state index is 12.7. The fraction of sp³-hybridized carbons (Fsp3) is 0.273. The summed E-state index contributed by atoms with van der Waals surface area (Å²) in [5.41, 5.74) is 0.989. The van der Waals surface area contributed by atoms with Crippen LogP contribution in [0.5, 0.6) is 0 Å². The number of hydrogen-bond donors (Lipinski definition) is 1. The molecule has 0 radical (unpaired) electrons. The van der Waals surface area contributed by atoms with E-state index in [1.807, 2.05) is 24.0 Å². The number of amides is 1. The zero-order valence-electron chi connectivity index (χ0n) is 15.9. The number of benzene rings is 2. The third-order valence-corrected chi connectivity index (χ3v) is 6.47. The van der Waals surface area contributed by atoms with Gasteiger partial charge in [0.1, 0.15) is 5.82 Å². The molecule has 1 amide bonds. The molecule has 0 aliphatic carbocycles. The normalized spacial score (nSPS) is 11.2. The largest absolute Gasteiger partial charge is 0.369 e. The van der Waals surface area contributed by atoms with Crippen molar-refractivity contribution in [2.45, 2.75) is 26.2 Å². The Morgan fingerprint density at radius 1 is 1.14 bits per heavy atom. The van der Waals surface area contributed by atoms with Crippen LogP contribution in [0.3, 0.4) is 0 Å². The van der Waals surface area contributed by atoms with Gasteiger partial charge in [0.2, 0.25) is 5.91 Å². The number of nitrogens with one attached hydrogen (secondary N) is 1. The lowest BCUT2D eigenvalue weighted by atomic mass is 10.2. The minimum absolute atomic E-state index is 0.191. The smallest absolute Gasteiger partial charge is 0.226 e. The molecular formula is C22H23N3OS2. The van der Waals surface area contributed by atoms with E-state index in [1.54, 1.807) is 11.3 Å². The van der Waals surface area contributed by atoms with E-state index in [9.17, 15) is 4.79 Å². The topological polar surface area (TPSA) is 45.2 Å². The van der Waals surface area contributed by atoms with Gasteiger partial charge in [-0.25, -0.2) is 0 Å². The second kappa shape index (κ2) is 8.71. The minimum atomic E-state index is 0.191. The first kappa shape index (κ1) is 18.9. The number of aromatic nitrogens is 1. The van der Waals surface area contributed by atoms with Crippen LogP contribution in [0.4, 0.5) is 11.5 Å². The molecule has 0 unspecified atom stereocenters. The van der Waals surface area contributed by atoms with Crippen LogP contribution in [0.2, 0.25) is 0 Å². The molecule has 0 fully saturated rings. The van der Waals surface area contributed by atoms with Gasteiger partial charge in [-0.1, -0.05) is 19.1 Å². The Morgan fingerprint density at radius 2 is 2.04 bits per heavy atom. The molecule has 0 aliphatic rings. The van der Waals surface area contributed by atoms with Crippen LogP contribution in [0.1, 0.15) is 26.2 Å². The fourth-order valence-electron chi connectivity index (χ4n) is 3.33. The highest BCUT2D eigenvalue weighted by molar-refractivity contribution is 7.17. The summed E-state index contributed by atoms with van der Waals surface area (Å²) in [5, 5.41) is 7.89. The van der Waals surface area contributed by atoms with Gasteiger partial charge in [0.25, 0.3) is 0 Å². The number of fused-ring (bicyclic) bond motifs is 2. The van der Waals surface area contributed by atoms with Crippen LogP contribution >= 0.6 is 22.9 Å². The summed E-state index contributed by atoms with van der Waals surface area (Å²) in [6, 6.07) is 16.7. The van der Waals surface area contributed by atoms with Crippen LogP contribution in [0.25, 0.3) is 20.2 Å². The molecule has 2 aromatic heterocycles. The van der Waals surface area contributed by atoms with Gasteiger partial charge in [-0.2, -0.15) is 4.37 Å². The number of rotatable bonds is 8. The van der Waals surface area contributed by atoms with Crippen molar-refractivity contribution in [3.05, 3.63) is 53.9 Å². The van der Waals surface area contributed by atoms with E-state index in [4.69, 9.17) is 0 Å². The molecule has 2 heterocycles. The van der Waals surface area contributed by atoms with E-state index < -0.39 is 0 Å². The van der Waals surface area contributed by atoms with E-state index >= 15 is 0 Å². The molecule has 0 saturated heterocycles. The highest BCUT2D eigenvalue weighted by Gasteiger charge is 2.15. The lowest BCUT2D eigenvalue weighted by Crippen LogP contribution is -2.32. The van der Waals surface area contributed by atoms with Gasteiger partial charge < -0.3 is 10.2 Å². The number of thiophene rings is 1. The monoisotopic (exact) mass is 409 g/mol. The Labute approximate surface area is 173 Å². The van der Waals surface area contributed by atoms with Crippen LogP contribution in [0.15, 0.2) is 53.9 Å². The summed E-state index contributed by atoms with van der Waals surface area (Å²) < 4.78 is 6.96. The van der Waals surface area contributed by atoms with Gasteiger partial charge in [-0.15, -0.1) is 11.3 Å². The maximum atomic E-state index is 12.7. The number of hydrogen-bond acceptors (Lipinski definition) is 5. The van der Waals surface area contributed by atoms with Crippen LogP contribution in [-0.2, 0) is 4.79 Å². The first-order valence-electron chi connectivity index (χ1n) is 9.62. The molecule has 6 heteroatoms. The molecule has 4 nitrogen and oxygen atoms in total. The van der Waals surface area contributed by atoms with Crippen molar-refractivity contribution in [2.24, 2.45) is 0 Å². The Bertz CT molecular complexity index is 1090. The van der Waals surface area contributed by atoms with Crippen molar-refractivity contribution >= 4 is 60.5 Å². The molecule has 2 aromatic carbocycles. The predicted molar refractivity (Wildman–Crippen MR) is 122 cm³/mol. The molecule has 0 bridgehead atoms. The molecule has 0 saturated carbocycles. The molecular weight excluding hydrogens is 386 g/mol. The fourth-order valence-corrected chi connectivity index (χ4v) is 4.85. The van der Waals surface area contributed by atoms with Crippen LogP contribution in [-0.4, -0.2) is 23.4 Å². The van der Waals surface area contributed by atoms with Crippen LogP contribution in [0, 0.1) is 0 Å². The van der Waals surface area contributed by atoms with Crippen molar-refractivity contribution in [1.82, 2.24) is 4.37 Å². The zero-order chi connectivity index (χ0) is 19.3. The number of nitrogens with zero attached hydrogens (tertiary/aromatic N) is 2. The Morgan fingerprint density at radius 3 is 2.93 bits per heavy atom. The van der Waals surface area contributed by atoms with Crippen molar-refractivity contribution in [1.29, 1.82) is 0 Å². The molecule has 4 aromatic rings. The summed E-state index contributed by atoms with van der Waals surface area (Å²) in [4.78, 5) is 14.6. The second-order valence-electron chi connectivity index (χ2n) is 6.75. The van der Waals surface area contributed by atoms with Gasteiger partial charge in [0.05, 0.1) is 4.70 Å². The zero-order valence-corrected chi connectivity index (χ0v) is 17.5. The second-order valence-corrected chi connectivity index (χ2v) is 8.50. The van der Waals surface area contributed by atoms with Gasteiger partial charge in [0.15, 0.2) is 0 Å². The summed E-state index contributed by atoms with van der Waals surface area (Å²) in [6.45, 7) is 3.53. The van der Waals surface area contributed by atoms with Gasteiger partial charge in [-0.05, 0) is 71.5 Å². The molecule has 0 aliphatic heterocycles. The molecule has 1 N–H and O–H groups in total. The average molecular weight is 410 g/mol. The quantitative estimate of drug-likeness (QED) is 0.355. The van der Waals surface area contributed by atoms with Gasteiger partial charge in [-0.3, -0.25) is 4.79 Å². The predicted octanol–water partition coefficient (Wildman–Crippen LogP) is 6.15. The van der Waals surface area contributed by atoms with Crippen molar-refractivity contribution < 1.29 is 4.79 Å². The maximum Gasteiger partial charge on any atom is 0.226 e. The third kappa shape index (κ3) is 4.03. The van der Waals surface area contributed by atoms with E-state index in [0.717, 1.165) is 36.3 Å². The minimum Gasteiger partial charge on any atom is -0.369 e. The van der Waals surface area contributed by atoms with Crippen molar-refractivity contribution in [2.75, 3.05) is 23.3 Å². The highest BCUT2D eigenvalue weighted by atomic mass is 32.1.